The first-order valence-corrected chi connectivity index (χ1v) is 9.08. The summed E-state index contributed by atoms with van der Waals surface area (Å²) in [6.45, 7) is 4.02. The topological polar surface area (TPSA) is 49.9 Å². The highest BCUT2D eigenvalue weighted by Gasteiger charge is 2.43. The van der Waals surface area contributed by atoms with Gasteiger partial charge >= 0.3 is 0 Å². The Balaban J connectivity index is 1.52. The highest BCUT2D eigenvalue weighted by Crippen LogP contribution is 2.30. The van der Waals surface area contributed by atoms with Gasteiger partial charge in [0.15, 0.2) is 0 Å². The van der Waals surface area contributed by atoms with E-state index in [1.54, 1.807) is 24.3 Å². The number of fused-ring (bicyclic) bond motifs is 1. The largest absolute Gasteiger partial charge is 0.494 e. The van der Waals surface area contributed by atoms with Crippen molar-refractivity contribution in [1.82, 2.24) is 4.90 Å². The minimum atomic E-state index is -0.373. The maximum atomic E-state index is 13.0. The van der Waals surface area contributed by atoms with E-state index >= 15 is 0 Å². The minimum absolute atomic E-state index is 0.126. The van der Waals surface area contributed by atoms with Gasteiger partial charge in [-0.15, -0.1) is 0 Å². The van der Waals surface area contributed by atoms with E-state index in [1.807, 2.05) is 19.1 Å². The molecule has 0 radical (unpaired) electrons. The van der Waals surface area contributed by atoms with Crippen LogP contribution in [0, 0.1) is 0 Å². The molecule has 0 aromatic heterocycles. The van der Waals surface area contributed by atoms with Crippen molar-refractivity contribution in [3.8, 4) is 5.75 Å². The van der Waals surface area contributed by atoms with Crippen LogP contribution in [0.2, 0.25) is 0 Å². The molecule has 2 aliphatic rings. The summed E-state index contributed by atoms with van der Waals surface area (Å²) in [4.78, 5) is 29.0. The van der Waals surface area contributed by atoms with E-state index in [2.05, 4.69) is 17.0 Å². The highest BCUT2D eigenvalue weighted by atomic mass is 16.5. The van der Waals surface area contributed by atoms with Crippen LogP contribution in [0.3, 0.4) is 0 Å². The fourth-order valence-electron chi connectivity index (χ4n) is 3.81. The predicted molar refractivity (Wildman–Crippen MR) is 99.1 cm³/mol. The van der Waals surface area contributed by atoms with E-state index in [4.69, 9.17) is 4.74 Å². The molecular formula is C21H22N2O3. The van der Waals surface area contributed by atoms with Gasteiger partial charge < -0.3 is 4.74 Å². The highest BCUT2D eigenvalue weighted by molar-refractivity contribution is 6.22. The molecule has 5 nitrogen and oxygen atoms in total. The van der Waals surface area contributed by atoms with Gasteiger partial charge in [-0.3, -0.25) is 14.5 Å². The zero-order valence-electron chi connectivity index (χ0n) is 14.9. The van der Waals surface area contributed by atoms with Crippen LogP contribution in [0.4, 0.5) is 5.69 Å². The van der Waals surface area contributed by atoms with Gasteiger partial charge in [-0.05, 0) is 48.7 Å². The monoisotopic (exact) mass is 350 g/mol. The van der Waals surface area contributed by atoms with Crippen molar-refractivity contribution in [1.29, 1.82) is 0 Å². The van der Waals surface area contributed by atoms with Crippen molar-refractivity contribution >= 4 is 17.5 Å². The molecule has 2 aromatic carbocycles. The quantitative estimate of drug-likeness (QED) is 0.796. The third-order valence-electron chi connectivity index (χ3n) is 5.13. The molecule has 5 heteroatoms. The fraction of sp³-hybridized carbons (Fsp3) is 0.333. The molecule has 134 valence electrons. The maximum Gasteiger partial charge on any atom is 0.251 e. The van der Waals surface area contributed by atoms with Crippen LogP contribution in [0.5, 0.6) is 5.75 Å². The number of ether oxygens (including phenoxy) is 1. The lowest BCUT2D eigenvalue weighted by Crippen LogP contribution is -2.44. The van der Waals surface area contributed by atoms with Crippen molar-refractivity contribution in [2.24, 2.45) is 0 Å². The lowest BCUT2D eigenvalue weighted by atomic mass is 9.98. The molecule has 4 rings (SSSR count). The molecule has 1 fully saturated rings. The third-order valence-corrected chi connectivity index (χ3v) is 5.13. The number of hydrogen-bond donors (Lipinski definition) is 0. The van der Waals surface area contributed by atoms with Crippen molar-refractivity contribution in [2.45, 2.75) is 32.4 Å². The lowest BCUT2D eigenvalue weighted by Gasteiger charge is -2.32. The molecule has 0 spiro atoms. The molecule has 0 bridgehead atoms. The van der Waals surface area contributed by atoms with E-state index in [0.29, 0.717) is 12.3 Å². The van der Waals surface area contributed by atoms with Crippen LogP contribution in [0.25, 0.3) is 0 Å². The number of anilines is 1. The number of hydrogen-bond acceptors (Lipinski definition) is 4. The van der Waals surface area contributed by atoms with Gasteiger partial charge in [0.2, 0.25) is 5.91 Å². The Morgan fingerprint density at radius 3 is 2.50 bits per heavy atom. The molecule has 26 heavy (non-hydrogen) atoms. The Morgan fingerprint density at radius 1 is 1.04 bits per heavy atom. The van der Waals surface area contributed by atoms with E-state index < -0.39 is 0 Å². The van der Waals surface area contributed by atoms with Crippen LogP contribution in [-0.4, -0.2) is 35.9 Å². The number of carbonyl (C=O) groups is 2. The van der Waals surface area contributed by atoms with E-state index in [0.717, 1.165) is 25.3 Å². The standard InChI is InChI=1S/C21H22N2O3/c1-2-26-18-9-7-17(8-10-18)23-20(24)13-19(21(23)25)22-12-11-15-5-3-4-6-16(15)14-22/h3-10,19H,2,11-14H2,1H3. The number of carbonyl (C=O) groups excluding carboxylic acids is 2. The zero-order valence-corrected chi connectivity index (χ0v) is 14.9. The summed E-state index contributed by atoms with van der Waals surface area (Å²) in [5.74, 6) is 0.473. The summed E-state index contributed by atoms with van der Waals surface area (Å²) in [5, 5.41) is 0. The summed E-state index contributed by atoms with van der Waals surface area (Å²) < 4.78 is 5.43. The normalized spacial score (nSPS) is 20.3. The molecule has 2 aliphatic heterocycles. The Labute approximate surface area is 153 Å². The second kappa shape index (κ2) is 6.92. The molecular weight excluding hydrogens is 328 g/mol. The van der Waals surface area contributed by atoms with Crippen LogP contribution in [0.15, 0.2) is 48.5 Å². The van der Waals surface area contributed by atoms with Crippen LogP contribution < -0.4 is 9.64 Å². The number of imide groups is 1. The Kier molecular flexibility index (Phi) is 4.47. The van der Waals surface area contributed by atoms with E-state index in [9.17, 15) is 9.59 Å². The fourth-order valence-corrected chi connectivity index (χ4v) is 3.81. The maximum absolute atomic E-state index is 13.0. The van der Waals surface area contributed by atoms with Gasteiger partial charge in [-0.2, -0.15) is 0 Å². The number of rotatable bonds is 4. The van der Waals surface area contributed by atoms with Crippen molar-refractivity contribution in [3.63, 3.8) is 0 Å². The summed E-state index contributed by atoms with van der Waals surface area (Å²) in [5.41, 5.74) is 3.20. The van der Waals surface area contributed by atoms with Gasteiger partial charge in [-0.25, -0.2) is 4.90 Å². The first-order valence-electron chi connectivity index (χ1n) is 9.08. The van der Waals surface area contributed by atoms with Crippen molar-refractivity contribution in [2.75, 3.05) is 18.1 Å². The summed E-state index contributed by atoms with van der Waals surface area (Å²) >= 11 is 0. The van der Waals surface area contributed by atoms with Gasteiger partial charge in [0.05, 0.1) is 24.8 Å². The van der Waals surface area contributed by atoms with Gasteiger partial charge in [0.25, 0.3) is 5.91 Å². The Morgan fingerprint density at radius 2 is 1.77 bits per heavy atom. The smallest absolute Gasteiger partial charge is 0.251 e. The van der Waals surface area contributed by atoms with Gasteiger partial charge in [-0.1, -0.05) is 24.3 Å². The first kappa shape index (κ1) is 16.8. The third kappa shape index (κ3) is 2.99. The van der Waals surface area contributed by atoms with E-state index in [1.165, 1.54) is 16.0 Å². The lowest BCUT2D eigenvalue weighted by molar-refractivity contribution is -0.123. The molecule has 2 aromatic rings. The van der Waals surface area contributed by atoms with Gasteiger partial charge in [0, 0.05) is 13.1 Å². The van der Waals surface area contributed by atoms with Crippen LogP contribution >= 0.6 is 0 Å². The number of amides is 2. The summed E-state index contributed by atoms with van der Waals surface area (Å²) in [6.07, 6.45) is 1.16. The van der Waals surface area contributed by atoms with Crippen molar-refractivity contribution < 1.29 is 14.3 Å². The predicted octanol–water partition coefficient (Wildman–Crippen LogP) is 2.78. The second-order valence-electron chi connectivity index (χ2n) is 6.70. The Bertz CT molecular complexity index is 831. The molecule has 1 saturated heterocycles. The average molecular weight is 350 g/mol. The molecule has 0 N–H and O–H groups in total. The number of benzene rings is 2. The summed E-state index contributed by atoms with van der Waals surface area (Å²) in [6, 6.07) is 15.1. The molecule has 2 heterocycles. The molecule has 2 amide bonds. The number of nitrogens with zero attached hydrogens (tertiary/aromatic N) is 2. The minimum Gasteiger partial charge on any atom is -0.494 e. The molecule has 0 saturated carbocycles. The van der Waals surface area contributed by atoms with Crippen LogP contribution in [0.1, 0.15) is 24.5 Å². The Hall–Kier alpha value is -2.66. The first-order chi connectivity index (χ1) is 12.7. The SMILES string of the molecule is CCOc1ccc(N2C(=O)CC(N3CCc4ccccc4C3)C2=O)cc1. The second-order valence-corrected chi connectivity index (χ2v) is 6.70. The zero-order chi connectivity index (χ0) is 18.1. The van der Waals surface area contributed by atoms with Gasteiger partial charge in [0.1, 0.15) is 5.75 Å². The molecule has 1 unspecified atom stereocenters. The van der Waals surface area contributed by atoms with Crippen LogP contribution in [-0.2, 0) is 22.6 Å². The summed E-state index contributed by atoms with van der Waals surface area (Å²) in [7, 11) is 0. The molecule has 1 atom stereocenters. The van der Waals surface area contributed by atoms with Crippen molar-refractivity contribution in [3.05, 3.63) is 59.7 Å². The molecule has 0 aliphatic carbocycles. The average Bonchev–Trinajstić information content (AvgIpc) is 2.97. The van der Waals surface area contributed by atoms with E-state index in [-0.39, 0.29) is 24.3 Å².